The molecule has 0 saturated carbocycles. The summed E-state index contributed by atoms with van der Waals surface area (Å²) in [7, 11) is 1.82. The Kier molecular flexibility index (Phi) is 14.3. The third kappa shape index (κ3) is 10.9. The molecular weight excluding hydrogens is 429 g/mol. The fourth-order valence-corrected chi connectivity index (χ4v) is 3.20. The van der Waals surface area contributed by atoms with E-state index in [0.29, 0.717) is 6.04 Å². The van der Waals surface area contributed by atoms with Crippen LogP contribution in [-0.4, -0.2) is 56.0 Å². The minimum atomic E-state index is -0.153. The van der Waals surface area contributed by atoms with Gasteiger partial charge in [-0.15, -0.1) is 24.0 Å². The third-order valence-corrected chi connectivity index (χ3v) is 4.70. The first-order valence-electron chi connectivity index (χ1n) is 9.55. The number of nitrogens with one attached hydrogen (secondary N) is 2. The number of hydrogen-bond acceptors (Lipinski definition) is 3. The molecule has 1 aliphatic rings. The second-order valence-electron chi connectivity index (χ2n) is 6.94. The Morgan fingerprint density at radius 3 is 2.76 bits per heavy atom. The molecule has 0 radical (unpaired) electrons. The zero-order chi connectivity index (χ0) is 17.8. The number of likely N-dealkylation sites (tertiary alicyclic amines) is 1. The molecule has 7 heteroatoms. The average Bonchev–Trinajstić information content (AvgIpc) is 2.58. The lowest BCUT2D eigenvalue weighted by Gasteiger charge is -2.31. The summed E-state index contributed by atoms with van der Waals surface area (Å²) in [6, 6.07) is 0.446. The molecule has 2 atom stereocenters. The second-order valence-corrected chi connectivity index (χ2v) is 6.94. The minimum Gasteiger partial charge on any atom is -0.369 e. The molecule has 25 heavy (non-hydrogen) atoms. The van der Waals surface area contributed by atoms with Crippen molar-refractivity contribution in [1.29, 1.82) is 0 Å². The minimum absolute atomic E-state index is 0. The second kappa shape index (κ2) is 14.6. The van der Waals surface area contributed by atoms with Gasteiger partial charge in [0, 0.05) is 26.2 Å². The maximum Gasteiger partial charge on any atom is 0.221 e. The maximum atomic E-state index is 11.3. The van der Waals surface area contributed by atoms with Crippen molar-refractivity contribution in [3.63, 3.8) is 0 Å². The number of carbonyl (C=O) groups excluding carboxylic acids is 1. The molecule has 2 unspecified atom stereocenters. The fraction of sp³-hybridized carbons (Fsp3) is 0.889. The van der Waals surface area contributed by atoms with Gasteiger partial charge in [0.2, 0.25) is 5.91 Å². The highest BCUT2D eigenvalue weighted by Crippen LogP contribution is 2.15. The van der Waals surface area contributed by atoms with E-state index in [-0.39, 0.29) is 35.8 Å². The van der Waals surface area contributed by atoms with Gasteiger partial charge in [-0.25, -0.2) is 0 Å². The van der Waals surface area contributed by atoms with E-state index in [1.807, 2.05) is 7.05 Å². The topological polar surface area (TPSA) is 82.8 Å². The Labute approximate surface area is 170 Å². The van der Waals surface area contributed by atoms with Crippen LogP contribution < -0.4 is 16.4 Å². The summed E-state index contributed by atoms with van der Waals surface area (Å²) in [5, 5.41) is 6.83. The molecule has 0 aliphatic carbocycles. The van der Waals surface area contributed by atoms with Gasteiger partial charge in [-0.1, -0.05) is 26.2 Å². The zero-order valence-electron chi connectivity index (χ0n) is 16.2. The molecule has 4 N–H and O–H groups in total. The number of nitrogens with zero attached hydrogens (tertiary/aromatic N) is 2. The molecule has 0 bridgehead atoms. The largest absolute Gasteiger partial charge is 0.369 e. The first-order valence-corrected chi connectivity index (χ1v) is 9.55. The number of primary amides is 1. The number of guanidine groups is 1. The van der Waals surface area contributed by atoms with Crippen LogP contribution in [0.5, 0.6) is 0 Å². The first kappa shape index (κ1) is 24.4. The predicted octanol–water partition coefficient (Wildman–Crippen LogP) is 2.33. The van der Waals surface area contributed by atoms with Crippen molar-refractivity contribution < 1.29 is 4.79 Å². The van der Waals surface area contributed by atoms with E-state index < -0.39 is 0 Å². The van der Waals surface area contributed by atoms with E-state index in [4.69, 9.17) is 5.73 Å². The van der Waals surface area contributed by atoms with E-state index in [1.54, 1.807) is 0 Å². The van der Waals surface area contributed by atoms with Gasteiger partial charge in [0.15, 0.2) is 5.96 Å². The van der Waals surface area contributed by atoms with Crippen molar-refractivity contribution in [3.05, 3.63) is 0 Å². The summed E-state index contributed by atoms with van der Waals surface area (Å²) in [5.74, 6) is 0.761. The standard InChI is InChI=1S/C18H37N5O.HI/c1-4-5-6-9-15(2)22-18(20-3)21-11-8-13-23-12-7-10-16(14-23)17(19)24;/h15-16H,4-14H2,1-3H3,(H2,19,24)(H2,20,21,22);1H. The Morgan fingerprint density at radius 2 is 2.12 bits per heavy atom. The van der Waals surface area contributed by atoms with Crippen molar-refractivity contribution >= 4 is 35.8 Å². The average molecular weight is 467 g/mol. The number of nitrogens with two attached hydrogens (primary N) is 1. The number of rotatable bonds is 10. The number of carbonyl (C=O) groups is 1. The normalized spacial score (nSPS) is 19.8. The van der Waals surface area contributed by atoms with Gasteiger partial charge in [0.1, 0.15) is 0 Å². The maximum absolute atomic E-state index is 11.3. The molecule has 0 spiro atoms. The molecule has 1 rings (SSSR count). The molecule has 0 aromatic carbocycles. The third-order valence-electron chi connectivity index (χ3n) is 4.70. The van der Waals surface area contributed by atoms with Gasteiger partial charge in [0.05, 0.1) is 5.92 Å². The van der Waals surface area contributed by atoms with E-state index in [2.05, 4.69) is 34.4 Å². The Morgan fingerprint density at radius 1 is 1.36 bits per heavy atom. The van der Waals surface area contributed by atoms with Gasteiger partial charge >= 0.3 is 0 Å². The number of hydrogen-bond donors (Lipinski definition) is 3. The number of piperidine rings is 1. The first-order chi connectivity index (χ1) is 11.6. The van der Waals surface area contributed by atoms with Crippen LogP contribution in [0.3, 0.4) is 0 Å². The van der Waals surface area contributed by atoms with Crippen molar-refractivity contribution in [2.24, 2.45) is 16.6 Å². The van der Waals surface area contributed by atoms with Gasteiger partial charge in [0.25, 0.3) is 0 Å². The molecule has 1 fully saturated rings. The lowest BCUT2D eigenvalue weighted by Crippen LogP contribution is -2.44. The van der Waals surface area contributed by atoms with Crippen molar-refractivity contribution in [1.82, 2.24) is 15.5 Å². The summed E-state index contributed by atoms with van der Waals surface area (Å²) in [6.45, 7) is 8.22. The molecular formula is C18H38IN5O. The Bertz CT molecular complexity index is 392. The summed E-state index contributed by atoms with van der Waals surface area (Å²) in [6.07, 6.45) is 8.04. The van der Waals surface area contributed by atoms with Gasteiger partial charge in [-0.05, 0) is 45.7 Å². The van der Waals surface area contributed by atoms with Crippen molar-refractivity contribution in [2.45, 2.75) is 64.8 Å². The van der Waals surface area contributed by atoms with E-state index >= 15 is 0 Å². The summed E-state index contributed by atoms with van der Waals surface area (Å²) in [4.78, 5) is 18.0. The highest BCUT2D eigenvalue weighted by atomic mass is 127. The lowest BCUT2D eigenvalue weighted by molar-refractivity contribution is -0.123. The van der Waals surface area contributed by atoms with Crippen molar-refractivity contribution in [2.75, 3.05) is 33.2 Å². The van der Waals surface area contributed by atoms with E-state index in [9.17, 15) is 4.79 Å². The highest BCUT2D eigenvalue weighted by molar-refractivity contribution is 14.0. The quantitative estimate of drug-likeness (QED) is 0.199. The molecule has 1 heterocycles. The fourth-order valence-electron chi connectivity index (χ4n) is 3.20. The summed E-state index contributed by atoms with van der Waals surface area (Å²) >= 11 is 0. The molecule has 0 aromatic heterocycles. The van der Waals surface area contributed by atoms with Crippen LogP contribution >= 0.6 is 24.0 Å². The van der Waals surface area contributed by atoms with Crippen molar-refractivity contribution in [3.8, 4) is 0 Å². The van der Waals surface area contributed by atoms with Crippen LogP contribution in [0.4, 0.5) is 0 Å². The van der Waals surface area contributed by atoms with Crippen LogP contribution in [0.25, 0.3) is 0 Å². The van der Waals surface area contributed by atoms with E-state index in [0.717, 1.165) is 51.4 Å². The number of aliphatic imine (C=N–C) groups is 1. The summed E-state index contributed by atoms with van der Waals surface area (Å²) in [5.41, 5.74) is 5.43. The smallest absolute Gasteiger partial charge is 0.221 e. The van der Waals surface area contributed by atoms with Crippen LogP contribution in [-0.2, 0) is 4.79 Å². The number of unbranched alkanes of at least 4 members (excludes halogenated alkanes) is 2. The SMILES string of the molecule is CCCCCC(C)NC(=NC)NCCCN1CCCC(C(N)=O)C1.I. The molecule has 1 saturated heterocycles. The van der Waals surface area contributed by atoms with Crippen LogP contribution in [0.1, 0.15) is 58.8 Å². The zero-order valence-corrected chi connectivity index (χ0v) is 18.6. The molecule has 1 amide bonds. The van der Waals surface area contributed by atoms with Gasteiger partial charge in [-0.2, -0.15) is 0 Å². The lowest BCUT2D eigenvalue weighted by atomic mass is 9.97. The predicted molar refractivity (Wildman–Crippen MR) is 116 cm³/mol. The van der Waals surface area contributed by atoms with Crippen LogP contribution in [0.15, 0.2) is 4.99 Å². The molecule has 0 aromatic rings. The summed E-state index contributed by atoms with van der Waals surface area (Å²) < 4.78 is 0. The monoisotopic (exact) mass is 467 g/mol. The van der Waals surface area contributed by atoms with Crippen LogP contribution in [0.2, 0.25) is 0 Å². The Balaban J connectivity index is 0.00000576. The number of halogens is 1. The molecule has 148 valence electrons. The highest BCUT2D eigenvalue weighted by Gasteiger charge is 2.23. The van der Waals surface area contributed by atoms with Crippen LogP contribution in [0, 0.1) is 5.92 Å². The molecule has 6 nitrogen and oxygen atoms in total. The van der Waals surface area contributed by atoms with Gasteiger partial charge in [-0.3, -0.25) is 9.79 Å². The Hall–Kier alpha value is -0.570. The molecule has 1 aliphatic heterocycles. The number of amides is 1. The van der Waals surface area contributed by atoms with Gasteiger partial charge < -0.3 is 21.3 Å². The van der Waals surface area contributed by atoms with E-state index in [1.165, 1.54) is 25.7 Å².